The van der Waals surface area contributed by atoms with Gasteiger partial charge in [-0.15, -0.1) is 0 Å². The number of nitrogens with two attached hydrogens (primary N) is 2. The number of halogens is 1. The van der Waals surface area contributed by atoms with Gasteiger partial charge in [-0.25, -0.2) is 14.4 Å². The molecule has 1 aliphatic carbocycles. The highest BCUT2D eigenvalue weighted by Crippen LogP contribution is 2.27. The van der Waals surface area contributed by atoms with Gasteiger partial charge in [-0.2, -0.15) is 0 Å². The van der Waals surface area contributed by atoms with Crippen molar-refractivity contribution in [3.05, 3.63) is 35.8 Å². The van der Waals surface area contributed by atoms with Crippen molar-refractivity contribution in [2.75, 3.05) is 35.3 Å². The first-order valence-electron chi connectivity index (χ1n) is 10.6. The van der Waals surface area contributed by atoms with E-state index >= 15 is 0 Å². The number of aromatic nitrogens is 2. The topological polar surface area (TPSA) is 148 Å². The minimum absolute atomic E-state index is 0.00310. The lowest BCUT2D eigenvalue weighted by molar-refractivity contribution is -0.125. The Kier molecular flexibility index (Phi) is 6.47. The maximum atomic E-state index is 14.6. The van der Waals surface area contributed by atoms with E-state index in [1.165, 1.54) is 11.1 Å². The average molecular weight is 443 g/mol. The summed E-state index contributed by atoms with van der Waals surface area (Å²) in [5.74, 6) is -1.08. The third-order valence-corrected chi connectivity index (χ3v) is 5.66. The van der Waals surface area contributed by atoms with E-state index in [2.05, 4.69) is 20.6 Å². The first-order chi connectivity index (χ1) is 15.4. The molecule has 2 amide bonds. The number of hydrogen-bond donors (Lipinski definition) is 4. The number of carbonyl (C=O) groups excluding carboxylic acids is 2. The molecule has 1 aliphatic heterocycles. The minimum atomic E-state index is -0.816. The Hall–Kier alpha value is -3.31. The number of rotatable bonds is 6. The van der Waals surface area contributed by atoms with Crippen molar-refractivity contribution in [3.63, 3.8) is 0 Å². The molecule has 0 aromatic carbocycles. The Morgan fingerprint density at radius 1 is 1.25 bits per heavy atom. The number of morpholine rings is 1. The average Bonchev–Trinajstić information content (AvgIpc) is 2.78. The van der Waals surface area contributed by atoms with E-state index < -0.39 is 11.7 Å². The maximum absolute atomic E-state index is 14.6. The van der Waals surface area contributed by atoms with Gasteiger partial charge in [0.25, 0.3) is 11.8 Å². The van der Waals surface area contributed by atoms with E-state index in [4.69, 9.17) is 16.2 Å². The first-order valence-corrected chi connectivity index (χ1v) is 10.6. The van der Waals surface area contributed by atoms with Crippen molar-refractivity contribution in [3.8, 4) is 0 Å². The number of ether oxygens (including phenoxy) is 1. The van der Waals surface area contributed by atoms with Crippen LogP contribution < -0.4 is 27.0 Å². The molecular formula is C21H26FN7O3. The summed E-state index contributed by atoms with van der Waals surface area (Å²) in [7, 11) is 0. The Morgan fingerprint density at radius 3 is 2.75 bits per heavy atom. The normalized spacial score (nSPS) is 21.3. The zero-order valence-electron chi connectivity index (χ0n) is 17.5. The third-order valence-electron chi connectivity index (χ3n) is 5.66. The predicted molar refractivity (Wildman–Crippen MR) is 117 cm³/mol. The molecule has 1 unspecified atom stereocenters. The van der Waals surface area contributed by atoms with E-state index in [9.17, 15) is 14.0 Å². The van der Waals surface area contributed by atoms with Gasteiger partial charge in [-0.05, 0) is 31.0 Å². The van der Waals surface area contributed by atoms with Crippen LogP contribution >= 0.6 is 0 Å². The van der Waals surface area contributed by atoms with Crippen LogP contribution in [0.1, 0.15) is 36.0 Å². The number of pyridine rings is 2. The quantitative estimate of drug-likeness (QED) is 0.525. The van der Waals surface area contributed by atoms with E-state index in [-0.39, 0.29) is 41.8 Å². The summed E-state index contributed by atoms with van der Waals surface area (Å²) in [6.07, 6.45) is 5.21. The van der Waals surface area contributed by atoms with Gasteiger partial charge in [0.2, 0.25) is 0 Å². The molecule has 1 saturated carbocycles. The number of nitrogens with one attached hydrogen (secondary N) is 2. The van der Waals surface area contributed by atoms with Gasteiger partial charge >= 0.3 is 0 Å². The Bertz CT molecular complexity index is 1000. The van der Waals surface area contributed by atoms with Crippen molar-refractivity contribution < 1.29 is 18.7 Å². The molecule has 170 valence electrons. The number of hydrogen-bond acceptors (Lipinski definition) is 8. The standard InChI is InChI=1S/C21H26FN7O3/c22-14-9-13(19(24)31)20(28-21(14)27-16-4-2-1-3-15(16)23)26-12-5-6-17(25-10-12)29-7-8-32-11-18(29)30/h5-6,9-10,15-16H,1-4,7-8,11,23H2,(H2,24,31)(H2,26,27,28)/t15-,16?/m0/s1. The Labute approximate surface area is 184 Å². The number of amides is 2. The molecule has 3 heterocycles. The molecule has 10 nitrogen and oxygen atoms in total. The molecule has 11 heteroatoms. The van der Waals surface area contributed by atoms with Gasteiger partial charge in [0.05, 0.1) is 30.6 Å². The van der Waals surface area contributed by atoms with Crippen molar-refractivity contribution >= 4 is 35.0 Å². The van der Waals surface area contributed by atoms with E-state index in [0.717, 1.165) is 31.7 Å². The van der Waals surface area contributed by atoms with Crippen LogP contribution in [0.15, 0.2) is 24.4 Å². The molecule has 4 rings (SSSR count). The third kappa shape index (κ3) is 4.78. The summed E-state index contributed by atoms with van der Waals surface area (Å²) < 4.78 is 19.8. The zero-order valence-corrected chi connectivity index (χ0v) is 17.5. The van der Waals surface area contributed by atoms with Crippen molar-refractivity contribution in [1.29, 1.82) is 0 Å². The summed E-state index contributed by atoms with van der Waals surface area (Å²) >= 11 is 0. The fourth-order valence-electron chi connectivity index (χ4n) is 3.90. The summed E-state index contributed by atoms with van der Waals surface area (Å²) in [6.45, 7) is 0.876. The molecule has 32 heavy (non-hydrogen) atoms. The first kappa shape index (κ1) is 21.9. The number of primary amides is 1. The van der Waals surface area contributed by atoms with Gasteiger partial charge in [0, 0.05) is 12.1 Å². The predicted octanol–water partition coefficient (Wildman–Crippen LogP) is 1.50. The molecule has 2 fully saturated rings. The van der Waals surface area contributed by atoms with Gasteiger partial charge in [-0.1, -0.05) is 12.8 Å². The maximum Gasteiger partial charge on any atom is 0.254 e. The SMILES string of the molecule is NC(=O)c1cc(F)c(NC2CCCC[C@@H]2N)nc1Nc1ccc(N2CCOCC2=O)nc1. The van der Waals surface area contributed by atoms with E-state index in [0.29, 0.717) is 24.7 Å². The molecule has 2 aromatic rings. The summed E-state index contributed by atoms with van der Waals surface area (Å²) in [6, 6.07) is 4.20. The van der Waals surface area contributed by atoms with Gasteiger partial charge in [0.15, 0.2) is 11.6 Å². The number of carbonyl (C=O) groups is 2. The minimum Gasteiger partial charge on any atom is -0.370 e. The van der Waals surface area contributed by atoms with Gasteiger partial charge < -0.3 is 26.8 Å². The molecule has 2 aromatic heterocycles. The van der Waals surface area contributed by atoms with Crippen LogP contribution in [-0.4, -0.2) is 53.6 Å². The second-order valence-electron chi connectivity index (χ2n) is 7.91. The summed E-state index contributed by atoms with van der Waals surface area (Å²) in [4.78, 5) is 34.0. The zero-order chi connectivity index (χ0) is 22.7. The fraction of sp³-hybridized carbons (Fsp3) is 0.429. The van der Waals surface area contributed by atoms with Crippen molar-refractivity contribution in [1.82, 2.24) is 9.97 Å². The number of anilines is 4. The molecule has 2 atom stereocenters. The molecule has 2 aliphatic rings. The van der Waals surface area contributed by atoms with Crippen molar-refractivity contribution in [2.45, 2.75) is 37.8 Å². The van der Waals surface area contributed by atoms with Crippen LogP contribution in [0.25, 0.3) is 0 Å². The van der Waals surface area contributed by atoms with Crippen LogP contribution in [0.4, 0.5) is 27.5 Å². The molecular weight excluding hydrogens is 417 g/mol. The smallest absolute Gasteiger partial charge is 0.254 e. The van der Waals surface area contributed by atoms with Gasteiger partial charge in [-0.3, -0.25) is 14.5 Å². The molecule has 0 bridgehead atoms. The Balaban J connectivity index is 1.56. The van der Waals surface area contributed by atoms with Crippen LogP contribution in [-0.2, 0) is 9.53 Å². The highest BCUT2D eigenvalue weighted by Gasteiger charge is 2.25. The molecule has 0 spiro atoms. The lowest BCUT2D eigenvalue weighted by atomic mass is 9.91. The van der Waals surface area contributed by atoms with E-state index in [1.807, 2.05) is 0 Å². The molecule has 6 N–H and O–H groups in total. The lowest BCUT2D eigenvalue weighted by Gasteiger charge is -2.30. The monoisotopic (exact) mass is 443 g/mol. The second-order valence-corrected chi connectivity index (χ2v) is 7.91. The van der Waals surface area contributed by atoms with E-state index in [1.54, 1.807) is 12.1 Å². The van der Waals surface area contributed by atoms with Crippen LogP contribution in [0.3, 0.4) is 0 Å². The van der Waals surface area contributed by atoms with Crippen LogP contribution in [0.2, 0.25) is 0 Å². The second kappa shape index (κ2) is 9.45. The van der Waals surface area contributed by atoms with Crippen LogP contribution in [0.5, 0.6) is 0 Å². The number of nitrogens with zero attached hydrogens (tertiary/aromatic N) is 3. The summed E-state index contributed by atoms with van der Waals surface area (Å²) in [5.41, 5.74) is 12.0. The van der Waals surface area contributed by atoms with Crippen molar-refractivity contribution in [2.24, 2.45) is 11.5 Å². The molecule has 1 saturated heterocycles. The Morgan fingerprint density at radius 2 is 2.06 bits per heavy atom. The van der Waals surface area contributed by atoms with Gasteiger partial charge in [0.1, 0.15) is 18.2 Å². The highest BCUT2D eigenvalue weighted by molar-refractivity contribution is 5.98. The molecule has 0 radical (unpaired) electrons. The largest absolute Gasteiger partial charge is 0.370 e. The fourth-order valence-corrected chi connectivity index (χ4v) is 3.90. The summed E-state index contributed by atoms with van der Waals surface area (Å²) in [5, 5.41) is 6.04. The van der Waals surface area contributed by atoms with Crippen LogP contribution in [0, 0.1) is 5.82 Å². The highest BCUT2D eigenvalue weighted by atomic mass is 19.1. The lowest BCUT2D eigenvalue weighted by Crippen LogP contribution is -2.43.